The Morgan fingerprint density at radius 2 is 2.00 bits per heavy atom. The number of fused-ring (bicyclic) bond motifs is 1. The summed E-state index contributed by atoms with van der Waals surface area (Å²) in [6.45, 7) is 9.86. The smallest absolute Gasteiger partial charge is 0.429 e. The van der Waals surface area contributed by atoms with Crippen molar-refractivity contribution in [3.8, 4) is 16.9 Å². The molecule has 1 aliphatic heterocycles. The molecule has 0 saturated carbocycles. The number of nitrogens with zero attached hydrogens (tertiary/aromatic N) is 2. The molecule has 1 saturated heterocycles. The van der Waals surface area contributed by atoms with Gasteiger partial charge in [-0.05, 0) is 63.6 Å². The first kappa shape index (κ1) is 27.9. The normalized spacial score (nSPS) is 17.2. The summed E-state index contributed by atoms with van der Waals surface area (Å²) in [5, 5.41) is 5.14. The number of pyridine rings is 1. The maximum absolute atomic E-state index is 12.5. The number of benzene rings is 1. The maximum Gasteiger partial charge on any atom is 0.429 e. The number of halogens is 1. The average molecular weight is 561 g/mol. The lowest BCUT2D eigenvalue weighted by molar-refractivity contribution is 0.0716. The fourth-order valence-electron chi connectivity index (χ4n) is 4.46. The zero-order chi connectivity index (χ0) is 27.2. The van der Waals surface area contributed by atoms with Crippen LogP contribution in [0.15, 0.2) is 30.5 Å². The first-order valence-corrected chi connectivity index (χ1v) is 13.9. The molecule has 204 valence electrons. The number of hydrogen-bond acceptors (Lipinski definition) is 8. The number of hydrogen-bond donors (Lipinski definition) is 2. The van der Waals surface area contributed by atoms with Crippen LogP contribution in [0.5, 0.6) is 5.75 Å². The molecule has 4 rings (SSSR count). The zero-order valence-corrected chi connectivity index (χ0v) is 23.6. The minimum Gasteiger partial charge on any atom is -0.489 e. The first-order valence-electron chi connectivity index (χ1n) is 12.7. The van der Waals surface area contributed by atoms with Gasteiger partial charge in [0.1, 0.15) is 11.9 Å². The largest absolute Gasteiger partial charge is 0.489 e. The predicted octanol–water partition coefficient (Wildman–Crippen LogP) is 5.92. The number of amides is 2. The van der Waals surface area contributed by atoms with Gasteiger partial charge in [-0.1, -0.05) is 18.5 Å². The lowest BCUT2D eigenvalue weighted by Gasteiger charge is -2.31. The van der Waals surface area contributed by atoms with E-state index in [9.17, 15) is 9.59 Å². The number of piperidine rings is 1. The third-order valence-electron chi connectivity index (χ3n) is 6.27. The van der Waals surface area contributed by atoms with Gasteiger partial charge < -0.3 is 19.5 Å². The summed E-state index contributed by atoms with van der Waals surface area (Å²) >= 11 is 8.00. The van der Waals surface area contributed by atoms with Crippen molar-refractivity contribution in [2.45, 2.75) is 46.8 Å². The van der Waals surface area contributed by atoms with Crippen molar-refractivity contribution in [2.75, 3.05) is 26.3 Å². The highest BCUT2D eigenvalue weighted by molar-refractivity contribution is 7.19. The number of carbonyl (C=O) groups is 2. The second kappa shape index (κ2) is 12.6. The lowest BCUT2D eigenvalue weighted by atomic mass is 9.97. The molecule has 2 aromatic heterocycles. The van der Waals surface area contributed by atoms with Crippen LogP contribution in [-0.4, -0.2) is 54.6 Å². The number of rotatable bonds is 7. The quantitative estimate of drug-likeness (QED) is 0.346. The van der Waals surface area contributed by atoms with Gasteiger partial charge in [-0.15, -0.1) is 11.3 Å². The van der Waals surface area contributed by atoms with Crippen LogP contribution in [0.3, 0.4) is 0 Å². The van der Waals surface area contributed by atoms with E-state index in [0.29, 0.717) is 10.9 Å². The van der Waals surface area contributed by atoms with Gasteiger partial charge >= 0.3 is 12.2 Å². The van der Waals surface area contributed by atoms with Crippen molar-refractivity contribution in [3.05, 3.63) is 45.9 Å². The molecule has 1 fully saturated rings. The van der Waals surface area contributed by atoms with Gasteiger partial charge in [-0.25, -0.2) is 20.0 Å². The molecule has 0 radical (unpaired) electrons. The molecule has 3 heterocycles. The van der Waals surface area contributed by atoms with E-state index in [1.54, 1.807) is 20.0 Å². The van der Waals surface area contributed by atoms with Crippen molar-refractivity contribution in [1.82, 2.24) is 20.7 Å². The van der Waals surface area contributed by atoms with Crippen molar-refractivity contribution in [1.29, 1.82) is 0 Å². The molecule has 3 aromatic rings. The number of carbonyl (C=O) groups excluding carboxylic acids is 2. The van der Waals surface area contributed by atoms with E-state index in [0.717, 1.165) is 62.1 Å². The standard InChI is InChI=1S/C27H33ClN4O5S/c1-5-35-26(33)31-32(27(34)36-6-2)15-19-13-22-25(38-19)20(7-10-30-22)21-12-18(28)11-16(3)24(21)37-23-8-9-29-14-17(23)4/h7,10-13,17,23,29H,5-6,8-9,14-15H2,1-4H3,(H,31,33)/t17-,23+/m0/s1. The Hall–Kier alpha value is -3.08. The second-order valence-electron chi connectivity index (χ2n) is 9.13. The van der Waals surface area contributed by atoms with Crippen LogP contribution in [0, 0.1) is 12.8 Å². The van der Waals surface area contributed by atoms with Crippen molar-refractivity contribution < 1.29 is 23.8 Å². The van der Waals surface area contributed by atoms with Gasteiger partial charge in [-0.3, -0.25) is 4.98 Å². The summed E-state index contributed by atoms with van der Waals surface area (Å²) in [6.07, 6.45) is 1.36. The Labute approximate surface area is 231 Å². The topological polar surface area (TPSA) is 102 Å². The summed E-state index contributed by atoms with van der Waals surface area (Å²) in [6, 6.07) is 7.70. The molecule has 9 nitrogen and oxygen atoms in total. The van der Waals surface area contributed by atoms with E-state index in [2.05, 4.69) is 22.7 Å². The highest BCUT2D eigenvalue weighted by atomic mass is 35.5. The van der Waals surface area contributed by atoms with Gasteiger partial charge in [0.05, 0.1) is 30.0 Å². The molecule has 2 N–H and O–H groups in total. The Morgan fingerprint density at radius 3 is 2.74 bits per heavy atom. The number of hydrazine groups is 1. The molecule has 1 aliphatic rings. The van der Waals surface area contributed by atoms with Gasteiger partial charge in [0.15, 0.2) is 0 Å². The summed E-state index contributed by atoms with van der Waals surface area (Å²) in [5.41, 5.74) is 6.02. The molecule has 2 amide bonds. The van der Waals surface area contributed by atoms with Crippen LogP contribution in [0.25, 0.3) is 21.3 Å². The highest BCUT2D eigenvalue weighted by Gasteiger charge is 2.26. The number of ether oxygens (including phenoxy) is 3. The number of aromatic nitrogens is 1. The number of aryl methyl sites for hydroxylation is 1. The number of nitrogens with one attached hydrogen (secondary N) is 2. The summed E-state index contributed by atoms with van der Waals surface area (Å²) in [7, 11) is 0. The van der Waals surface area contributed by atoms with Gasteiger partial charge in [0.25, 0.3) is 0 Å². The van der Waals surface area contributed by atoms with Gasteiger partial charge in [0, 0.05) is 39.7 Å². The molecule has 38 heavy (non-hydrogen) atoms. The Balaban J connectivity index is 1.70. The molecule has 0 spiro atoms. The van der Waals surface area contributed by atoms with E-state index < -0.39 is 12.2 Å². The molecule has 0 unspecified atom stereocenters. The van der Waals surface area contributed by atoms with Crippen LogP contribution >= 0.6 is 22.9 Å². The highest BCUT2D eigenvalue weighted by Crippen LogP contribution is 2.42. The molecule has 1 aromatic carbocycles. The minimum absolute atomic E-state index is 0.0859. The zero-order valence-electron chi connectivity index (χ0n) is 22.0. The Bertz CT molecular complexity index is 1300. The minimum atomic E-state index is -0.733. The van der Waals surface area contributed by atoms with E-state index in [1.807, 2.05) is 31.2 Å². The van der Waals surface area contributed by atoms with Crippen LogP contribution in [0.2, 0.25) is 5.02 Å². The maximum atomic E-state index is 12.5. The molecule has 0 aliphatic carbocycles. The summed E-state index contributed by atoms with van der Waals surface area (Å²) in [5.74, 6) is 1.19. The van der Waals surface area contributed by atoms with E-state index in [-0.39, 0.29) is 25.9 Å². The van der Waals surface area contributed by atoms with Crippen LogP contribution in [0.4, 0.5) is 9.59 Å². The Kier molecular flexibility index (Phi) is 9.30. The van der Waals surface area contributed by atoms with E-state index >= 15 is 0 Å². The van der Waals surface area contributed by atoms with Crippen molar-refractivity contribution >= 4 is 45.3 Å². The summed E-state index contributed by atoms with van der Waals surface area (Å²) < 4.78 is 17.6. The third-order valence-corrected chi connectivity index (χ3v) is 7.63. The average Bonchev–Trinajstić information content (AvgIpc) is 3.29. The lowest BCUT2D eigenvalue weighted by Crippen LogP contribution is -2.46. The Morgan fingerprint density at radius 1 is 1.21 bits per heavy atom. The van der Waals surface area contributed by atoms with E-state index in [4.69, 9.17) is 25.8 Å². The molecule has 2 atom stereocenters. The first-order chi connectivity index (χ1) is 18.3. The van der Waals surface area contributed by atoms with Gasteiger partial charge in [0.2, 0.25) is 0 Å². The van der Waals surface area contributed by atoms with Crippen LogP contribution in [-0.2, 0) is 16.0 Å². The van der Waals surface area contributed by atoms with E-state index in [1.165, 1.54) is 11.3 Å². The van der Waals surface area contributed by atoms with Gasteiger partial charge in [-0.2, -0.15) is 0 Å². The predicted molar refractivity (Wildman–Crippen MR) is 149 cm³/mol. The van der Waals surface area contributed by atoms with Crippen molar-refractivity contribution in [3.63, 3.8) is 0 Å². The fourth-order valence-corrected chi connectivity index (χ4v) is 5.86. The van der Waals surface area contributed by atoms with Crippen LogP contribution in [0.1, 0.15) is 37.6 Å². The SMILES string of the molecule is CCOC(=O)NN(Cc1cc2nccc(-c3cc(Cl)cc(C)c3O[C@@H]3CCNC[C@@H]3C)c2s1)C(=O)OCC. The third kappa shape index (κ3) is 6.48. The molecular weight excluding hydrogens is 528 g/mol. The van der Waals surface area contributed by atoms with Crippen molar-refractivity contribution in [2.24, 2.45) is 5.92 Å². The molecule has 11 heteroatoms. The molecule has 0 bridgehead atoms. The molecular formula is C27H33ClN4O5S. The summed E-state index contributed by atoms with van der Waals surface area (Å²) in [4.78, 5) is 29.9. The fraction of sp³-hybridized carbons (Fsp3) is 0.444. The number of thiophene rings is 1. The monoisotopic (exact) mass is 560 g/mol. The van der Waals surface area contributed by atoms with Crippen LogP contribution < -0.4 is 15.5 Å². The second-order valence-corrected chi connectivity index (χ2v) is 10.7.